The first-order valence-corrected chi connectivity index (χ1v) is 8.62. The predicted molar refractivity (Wildman–Crippen MR) is 96.7 cm³/mol. The molecule has 4 nitrogen and oxygen atoms in total. The molecule has 2 aromatic rings. The van der Waals surface area contributed by atoms with Gasteiger partial charge in [0.25, 0.3) is 0 Å². The van der Waals surface area contributed by atoms with Gasteiger partial charge in [-0.1, -0.05) is 23.7 Å². The Kier molecular flexibility index (Phi) is 5.59. The summed E-state index contributed by atoms with van der Waals surface area (Å²) in [6.45, 7) is 2.17. The lowest BCUT2D eigenvalue weighted by Gasteiger charge is -2.26. The molecule has 2 aromatic carbocycles. The molecule has 0 aromatic heterocycles. The van der Waals surface area contributed by atoms with Crippen molar-refractivity contribution in [3.05, 3.63) is 59.1 Å². The van der Waals surface area contributed by atoms with Crippen LogP contribution in [0, 0.1) is 0 Å². The molecule has 1 fully saturated rings. The van der Waals surface area contributed by atoms with Gasteiger partial charge in [0, 0.05) is 23.8 Å². The van der Waals surface area contributed by atoms with Crippen molar-refractivity contribution in [2.45, 2.75) is 25.9 Å². The Labute approximate surface area is 147 Å². The van der Waals surface area contributed by atoms with Crippen LogP contribution >= 0.6 is 11.6 Å². The molecular formula is C19H21ClN2O2. The third-order valence-corrected chi connectivity index (χ3v) is 4.32. The molecule has 2 amide bonds. The average Bonchev–Trinajstić information content (AvgIpc) is 2.63. The second kappa shape index (κ2) is 8.06. The molecule has 1 N–H and O–H groups in total. The van der Waals surface area contributed by atoms with Crippen molar-refractivity contribution in [2.24, 2.45) is 0 Å². The lowest BCUT2D eigenvalue weighted by molar-refractivity contribution is 0.200. The predicted octanol–water partition coefficient (Wildman–Crippen LogP) is 4.94. The highest BCUT2D eigenvalue weighted by Gasteiger charge is 2.16. The van der Waals surface area contributed by atoms with E-state index in [1.54, 1.807) is 0 Å². The lowest BCUT2D eigenvalue weighted by Crippen LogP contribution is -2.38. The number of hydrogen-bond acceptors (Lipinski definition) is 2. The third kappa shape index (κ3) is 4.65. The number of carbonyl (C=O) groups is 1. The van der Waals surface area contributed by atoms with Crippen molar-refractivity contribution in [1.82, 2.24) is 4.90 Å². The molecule has 1 aliphatic heterocycles. The van der Waals surface area contributed by atoms with E-state index in [0.29, 0.717) is 11.6 Å². The number of rotatable bonds is 4. The molecule has 0 saturated carbocycles. The molecule has 0 unspecified atom stereocenters. The van der Waals surface area contributed by atoms with Gasteiger partial charge in [-0.05, 0) is 61.2 Å². The van der Waals surface area contributed by atoms with Gasteiger partial charge in [0.15, 0.2) is 0 Å². The molecule has 5 heteroatoms. The number of amides is 2. The second-order valence-corrected chi connectivity index (χ2v) is 6.35. The number of likely N-dealkylation sites (tertiary alicyclic amines) is 1. The number of piperidine rings is 1. The fourth-order valence-electron chi connectivity index (χ4n) is 2.68. The summed E-state index contributed by atoms with van der Waals surface area (Å²) >= 11 is 5.87. The summed E-state index contributed by atoms with van der Waals surface area (Å²) in [6, 6.07) is 15.0. The van der Waals surface area contributed by atoms with Crippen LogP contribution in [0.15, 0.2) is 48.5 Å². The first kappa shape index (κ1) is 16.7. The van der Waals surface area contributed by atoms with E-state index in [4.69, 9.17) is 16.3 Å². The minimum Gasteiger partial charge on any atom is -0.489 e. The van der Waals surface area contributed by atoms with E-state index in [-0.39, 0.29) is 6.03 Å². The molecule has 0 radical (unpaired) electrons. The van der Waals surface area contributed by atoms with E-state index in [9.17, 15) is 4.79 Å². The van der Waals surface area contributed by atoms with E-state index in [1.807, 2.05) is 53.4 Å². The maximum absolute atomic E-state index is 12.2. The second-order valence-electron chi connectivity index (χ2n) is 5.92. The maximum Gasteiger partial charge on any atom is 0.321 e. The molecule has 0 atom stereocenters. The topological polar surface area (TPSA) is 41.6 Å². The highest BCUT2D eigenvalue weighted by Crippen LogP contribution is 2.19. The van der Waals surface area contributed by atoms with Crippen LogP contribution in [0.25, 0.3) is 0 Å². The van der Waals surface area contributed by atoms with Gasteiger partial charge in [0.05, 0.1) is 0 Å². The highest BCUT2D eigenvalue weighted by molar-refractivity contribution is 6.30. The molecular weight excluding hydrogens is 324 g/mol. The zero-order valence-corrected chi connectivity index (χ0v) is 14.3. The van der Waals surface area contributed by atoms with Gasteiger partial charge in [0.2, 0.25) is 0 Å². The number of benzene rings is 2. The maximum atomic E-state index is 12.2. The minimum atomic E-state index is -0.0236. The molecule has 0 aliphatic carbocycles. The zero-order chi connectivity index (χ0) is 16.8. The SMILES string of the molecule is O=C(Nc1ccc(OCc2ccc(Cl)cc2)cc1)N1CCCCC1. The first-order valence-electron chi connectivity index (χ1n) is 8.24. The van der Waals surface area contributed by atoms with Crippen LogP contribution < -0.4 is 10.1 Å². The number of ether oxygens (including phenoxy) is 1. The number of urea groups is 1. The summed E-state index contributed by atoms with van der Waals surface area (Å²) in [4.78, 5) is 14.0. The van der Waals surface area contributed by atoms with Crippen molar-refractivity contribution in [3.8, 4) is 5.75 Å². The Hall–Kier alpha value is -2.20. The smallest absolute Gasteiger partial charge is 0.321 e. The number of hydrogen-bond donors (Lipinski definition) is 1. The Bertz CT molecular complexity index is 665. The molecule has 3 rings (SSSR count). The van der Waals surface area contributed by atoms with Gasteiger partial charge in [-0.2, -0.15) is 0 Å². The van der Waals surface area contributed by atoms with E-state index in [2.05, 4.69) is 5.32 Å². The van der Waals surface area contributed by atoms with Crippen molar-refractivity contribution in [1.29, 1.82) is 0 Å². The van der Waals surface area contributed by atoms with Gasteiger partial charge < -0.3 is 15.0 Å². The summed E-state index contributed by atoms with van der Waals surface area (Å²) in [5.74, 6) is 0.765. The molecule has 1 aliphatic rings. The molecule has 24 heavy (non-hydrogen) atoms. The molecule has 0 spiro atoms. The number of halogens is 1. The Morgan fingerprint density at radius 3 is 2.33 bits per heavy atom. The largest absolute Gasteiger partial charge is 0.489 e. The fourth-order valence-corrected chi connectivity index (χ4v) is 2.81. The fraction of sp³-hybridized carbons (Fsp3) is 0.316. The van der Waals surface area contributed by atoms with E-state index in [0.717, 1.165) is 42.9 Å². The van der Waals surface area contributed by atoms with Gasteiger partial charge >= 0.3 is 6.03 Å². The van der Waals surface area contributed by atoms with Crippen molar-refractivity contribution in [2.75, 3.05) is 18.4 Å². The van der Waals surface area contributed by atoms with Crippen LogP contribution in [-0.4, -0.2) is 24.0 Å². The van der Waals surface area contributed by atoms with Crippen LogP contribution in [0.5, 0.6) is 5.75 Å². The van der Waals surface area contributed by atoms with Crippen LogP contribution in [0.4, 0.5) is 10.5 Å². The molecule has 126 valence electrons. The van der Waals surface area contributed by atoms with Crippen molar-refractivity contribution < 1.29 is 9.53 Å². The summed E-state index contributed by atoms with van der Waals surface area (Å²) in [6.07, 6.45) is 3.39. The lowest BCUT2D eigenvalue weighted by atomic mass is 10.1. The van der Waals surface area contributed by atoms with Gasteiger partial charge in [-0.3, -0.25) is 0 Å². The van der Waals surface area contributed by atoms with E-state index >= 15 is 0 Å². The van der Waals surface area contributed by atoms with Crippen LogP contribution in [0.1, 0.15) is 24.8 Å². The number of nitrogens with one attached hydrogen (secondary N) is 1. The van der Waals surface area contributed by atoms with Crippen molar-refractivity contribution >= 4 is 23.3 Å². The van der Waals surface area contributed by atoms with Gasteiger partial charge in [-0.15, -0.1) is 0 Å². The van der Waals surface area contributed by atoms with Crippen LogP contribution in [0.3, 0.4) is 0 Å². The van der Waals surface area contributed by atoms with Gasteiger partial charge in [-0.25, -0.2) is 4.79 Å². The summed E-state index contributed by atoms with van der Waals surface area (Å²) in [5, 5.41) is 3.65. The normalized spacial score (nSPS) is 14.3. The summed E-state index contributed by atoms with van der Waals surface area (Å²) in [7, 11) is 0. The molecule has 1 saturated heterocycles. The van der Waals surface area contributed by atoms with Gasteiger partial charge in [0.1, 0.15) is 12.4 Å². The summed E-state index contributed by atoms with van der Waals surface area (Å²) < 4.78 is 5.74. The quantitative estimate of drug-likeness (QED) is 0.853. The van der Waals surface area contributed by atoms with Crippen molar-refractivity contribution in [3.63, 3.8) is 0 Å². The zero-order valence-electron chi connectivity index (χ0n) is 13.5. The minimum absolute atomic E-state index is 0.0236. The van der Waals surface area contributed by atoms with E-state index < -0.39 is 0 Å². The Balaban J connectivity index is 1.51. The number of anilines is 1. The standard InChI is InChI=1S/C19H21ClN2O2/c20-16-6-4-15(5-7-16)14-24-18-10-8-17(9-11-18)21-19(23)22-12-2-1-3-13-22/h4-11H,1-3,12-14H2,(H,21,23). The first-order chi connectivity index (χ1) is 11.7. The Morgan fingerprint density at radius 1 is 1.00 bits per heavy atom. The summed E-state index contributed by atoms with van der Waals surface area (Å²) in [5.41, 5.74) is 1.84. The molecule has 1 heterocycles. The third-order valence-electron chi connectivity index (χ3n) is 4.07. The van der Waals surface area contributed by atoms with Crippen LogP contribution in [-0.2, 0) is 6.61 Å². The highest BCUT2D eigenvalue weighted by atomic mass is 35.5. The number of carbonyl (C=O) groups excluding carboxylic acids is 1. The van der Waals surface area contributed by atoms with Crippen LogP contribution in [0.2, 0.25) is 5.02 Å². The Morgan fingerprint density at radius 2 is 1.67 bits per heavy atom. The monoisotopic (exact) mass is 344 g/mol. The number of nitrogens with zero attached hydrogens (tertiary/aromatic N) is 1. The molecule has 0 bridgehead atoms. The van der Waals surface area contributed by atoms with E-state index in [1.165, 1.54) is 6.42 Å². The average molecular weight is 345 g/mol.